The van der Waals surface area contributed by atoms with Gasteiger partial charge in [0.1, 0.15) is 0 Å². The highest BCUT2D eigenvalue weighted by Crippen LogP contribution is 2.27. The Morgan fingerprint density at radius 2 is 1.93 bits per heavy atom. The van der Waals surface area contributed by atoms with Crippen molar-refractivity contribution in [3.63, 3.8) is 0 Å². The molecule has 5 heteroatoms. The Morgan fingerprint density at radius 1 is 1.04 bits per heavy atom. The van der Waals surface area contributed by atoms with Gasteiger partial charge in [-0.25, -0.2) is 4.79 Å². The molecule has 0 radical (unpaired) electrons. The monoisotopic (exact) mass is 368 g/mol. The minimum Gasteiger partial charge on any atom is -0.359 e. The molecule has 138 valence electrons. The molecule has 0 spiro atoms. The van der Waals surface area contributed by atoms with Crippen molar-refractivity contribution in [2.45, 2.75) is 13.0 Å². The maximum absolute atomic E-state index is 12.8. The van der Waals surface area contributed by atoms with E-state index in [1.165, 1.54) is 11.1 Å². The van der Waals surface area contributed by atoms with Crippen LogP contribution in [0.2, 0.25) is 0 Å². The van der Waals surface area contributed by atoms with Gasteiger partial charge in [0.05, 0.1) is 11.4 Å². The quantitative estimate of drug-likeness (QED) is 0.533. The minimum absolute atomic E-state index is 0.0656. The average Bonchev–Trinajstić information content (AvgIpc) is 3.16. The zero-order valence-electron chi connectivity index (χ0n) is 15.4. The van der Waals surface area contributed by atoms with Crippen molar-refractivity contribution >= 4 is 22.6 Å². The van der Waals surface area contributed by atoms with E-state index in [1.54, 1.807) is 0 Å². The van der Waals surface area contributed by atoms with E-state index in [9.17, 15) is 4.79 Å². The van der Waals surface area contributed by atoms with Crippen LogP contribution in [0.4, 0.5) is 10.5 Å². The van der Waals surface area contributed by atoms with Gasteiger partial charge in [-0.15, -0.1) is 0 Å². The van der Waals surface area contributed by atoms with Crippen molar-refractivity contribution in [1.29, 1.82) is 0 Å². The van der Waals surface area contributed by atoms with Crippen LogP contribution in [0.25, 0.3) is 22.2 Å². The second-order valence-corrected chi connectivity index (χ2v) is 7.05. The lowest BCUT2D eigenvalue weighted by Gasteiger charge is -2.29. The number of hydrogen-bond acceptors (Lipinski definition) is 2. The van der Waals surface area contributed by atoms with Crippen LogP contribution in [-0.4, -0.2) is 27.4 Å². The number of hydrogen-bond donors (Lipinski definition) is 2. The summed E-state index contributed by atoms with van der Waals surface area (Å²) in [6, 6.07) is 20.2. The third kappa shape index (κ3) is 3.01. The lowest BCUT2D eigenvalue weighted by molar-refractivity contribution is 0.206. The number of fused-ring (bicyclic) bond motifs is 2. The predicted molar refractivity (Wildman–Crippen MR) is 111 cm³/mol. The van der Waals surface area contributed by atoms with Crippen LogP contribution in [-0.2, 0) is 13.0 Å². The molecule has 2 aromatic carbocycles. The summed E-state index contributed by atoms with van der Waals surface area (Å²) in [5, 5.41) is 4.07. The second-order valence-electron chi connectivity index (χ2n) is 7.05. The van der Waals surface area contributed by atoms with Gasteiger partial charge in [-0.1, -0.05) is 36.4 Å². The van der Waals surface area contributed by atoms with Crippen LogP contribution in [0.1, 0.15) is 11.1 Å². The van der Waals surface area contributed by atoms with E-state index in [2.05, 4.69) is 33.5 Å². The SMILES string of the molecule is O=C(Nc1c[nH]c2ccccc12)N1CCc2cc(-c3ccccn3)ccc2C1. The van der Waals surface area contributed by atoms with Crippen molar-refractivity contribution in [3.8, 4) is 11.3 Å². The molecule has 0 fully saturated rings. The van der Waals surface area contributed by atoms with E-state index in [1.807, 2.05) is 59.8 Å². The first kappa shape index (κ1) is 16.6. The highest BCUT2D eigenvalue weighted by atomic mass is 16.2. The van der Waals surface area contributed by atoms with E-state index < -0.39 is 0 Å². The summed E-state index contributed by atoms with van der Waals surface area (Å²) in [5.41, 5.74) is 6.42. The Balaban J connectivity index is 1.33. The fourth-order valence-corrected chi connectivity index (χ4v) is 3.79. The molecule has 5 rings (SSSR count). The molecule has 28 heavy (non-hydrogen) atoms. The van der Waals surface area contributed by atoms with Crippen molar-refractivity contribution < 1.29 is 4.79 Å². The Hall–Kier alpha value is -3.60. The second kappa shape index (κ2) is 6.85. The van der Waals surface area contributed by atoms with E-state index in [0.717, 1.165) is 34.3 Å². The van der Waals surface area contributed by atoms with Gasteiger partial charge in [0, 0.05) is 41.9 Å². The van der Waals surface area contributed by atoms with Crippen LogP contribution >= 0.6 is 0 Å². The number of urea groups is 1. The lowest BCUT2D eigenvalue weighted by atomic mass is 9.96. The van der Waals surface area contributed by atoms with Crippen LogP contribution in [0.5, 0.6) is 0 Å². The van der Waals surface area contributed by atoms with Crippen molar-refractivity contribution in [2.24, 2.45) is 0 Å². The lowest BCUT2D eigenvalue weighted by Crippen LogP contribution is -2.38. The summed E-state index contributed by atoms with van der Waals surface area (Å²) < 4.78 is 0. The molecule has 1 aliphatic heterocycles. The third-order valence-corrected chi connectivity index (χ3v) is 5.30. The molecule has 5 nitrogen and oxygen atoms in total. The molecule has 0 atom stereocenters. The number of nitrogens with zero attached hydrogens (tertiary/aromatic N) is 2. The molecular weight excluding hydrogens is 348 g/mol. The number of carbonyl (C=O) groups excluding carboxylic acids is 1. The molecule has 0 saturated carbocycles. The molecule has 0 saturated heterocycles. The topological polar surface area (TPSA) is 61.0 Å². The molecule has 2 amide bonds. The van der Waals surface area contributed by atoms with Gasteiger partial charge in [0.2, 0.25) is 0 Å². The van der Waals surface area contributed by atoms with Gasteiger partial charge >= 0.3 is 6.03 Å². The van der Waals surface area contributed by atoms with E-state index in [4.69, 9.17) is 0 Å². The van der Waals surface area contributed by atoms with Gasteiger partial charge in [0.25, 0.3) is 0 Å². The molecule has 0 bridgehead atoms. The normalized spacial score (nSPS) is 13.4. The number of nitrogens with one attached hydrogen (secondary N) is 2. The van der Waals surface area contributed by atoms with Crippen LogP contribution in [0.3, 0.4) is 0 Å². The van der Waals surface area contributed by atoms with Gasteiger partial charge in [0.15, 0.2) is 0 Å². The standard InChI is InChI=1S/C23H20N4O/c28-23(26-22-14-25-21-7-2-1-5-19(21)22)27-12-10-16-13-17(8-9-18(16)15-27)20-6-3-4-11-24-20/h1-9,11,13-14,25H,10,12,15H2,(H,26,28). The Bertz CT molecular complexity index is 1150. The molecule has 2 aromatic heterocycles. The van der Waals surface area contributed by atoms with Gasteiger partial charge < -0.3 is 15.2 Å². The van der Waals surface area contributed by atoms with E-state index in [-0.39, 0.29) is 6.03 Å². The minimum atomic E-state index is -0.0656. The molecule has 1 aliphatic rings. The third-order valence-electron chi connectivity index (χ3n) is 5.30. The first-order chi connectivity index (χ1) is 13.8. The number of carbonyl (C=O) groups is 1. The van der Waals surface area contributed by atoms with Gasteiger partial charge in [-0.3, -0.25) is 4.98 Å². The van der Waals surface area contributed by atoms with Crippen molar-refractivity contribution in [1.82, 2.24) is 14.9 Å². The number of pyridine rings is 1. The van der Waals surface area contributed by atoms with Crippen molar-refractivity contribution in [2.75, 3.05) is 11.9 Å². The largest absolute Gasteiger partial charge is 0.359 e. The number of anilines is 1. The summed E-state index contributed by atoms with van der Waals surface area (Å²) >= 11 is 0. The highest BCUT2D eigenvalue weighted by Gasteiger charge is 2.22. The molecule has 3 heterocycles. The molecule has 0 unspecified atom stereocenters. The Morgan fingerprint density at radius 3 is 2.82 bits per heavy atom. The summed E-state index contributed by atoms with van der Waals surface area (Å²) in [5.74, 6) is 0. The Kier molecular flexibility index (Phi) is 4.05. The number of rotatable bonds is 2. The summed E-state index contributed by atoms with van der Waals surface area (Å²) in [4.78, 5) is 22.3. The molecular formula is C23H20N4O. The first-order valence-electron chi connectivity index (χ1n) is 9.43. The smallest absolute Gasteiger partial charge is 0.322 e. The maximum Gasteiger partial charge on any atom is 0.322 e. The number of aromatic amines is 1. The number of benzene rings is 2. The molecule has 2 N–H and O–H groups in total. The van der Waals surface area contributed by atoms with Gasteiger partial charge in [-0.05, 0) is 41.8 Å². The van der Waals surface area contributed by atoms with Gasteiger partial charge in [-0.2, -0.15) is 0 Å². The number of H-pyrrole nitrogens is 1. The number of aromatic nitrogens is 2. The summed E-state index contributed by atoms with van der Waals surface area (Å²) in [6.07, 6.45) is 4.50. The molecule has 4 aromatic rings. The fourth-order valence-electron chi connectivity index (χ4n) is 3.79. The van der Waals surface area contributed by atoms with Crippen LogP contribution < -0.4 is 5.32 Å². The summed E-state index contributed by atoms with van der Waals surface area (Å²) in [6.45, 7) is 1.32. The van der Waals surface area contributed by atoms with Crippen molar-refractivity contribution in [3.05, 3.63) is 84.2 Å². The van der Waals surface area contributed by atoms with Crippen LogP contribution in [0, 0.1) is 0 Å². The van der Waals surface area contributed by atoms with E-state index >= 15 is 0 Å². The maximum atomic E-state index is 12.8. The number of amides is 2. The summed E-state index contributed by atoms with van der Waals surface area (Å²) in [7, 11) is 0. The first-order valence-corrected chi connectivity index (χ1v) is 9.43. The highest BCUT2D eigenvalue weighted by molar-refractivity contribution is 6.01. The Labute approximate surface area is 163 Å². The average molecular weight is 368 g/mol. The zero-order valence-corrected chi connectivity index (χ0v) is 15.4. The van der Waals surface area contributed by atoms with Crippen LogP contribution in [0.15, 0.2) is 73.1 Å². The molecule has 0 aliphatic carbocycles. The zero-order chi connectivity index (χ0) is 18.9. The predicted octanol–water partition coefficient (Wildman–Crippen LogP) is 4.82. The van der Waals surface area contributed by atoms with E-state index in [0.29, 0.717) is 13.1 Å². The fraction of sp³-hybridized carbons (Fsp3) is 0.130. The number of para-hydroxylation sites is 1.